The second kappa shape index (κ2) is 7.17. The number of furan rings is 1. The summed E-state index contributed by atoms with van der Waals surface area (Å²) in [5, 5.41) is 2.90. The van der Waals surface area contributed by atoms with E-state index in [1.54, 1.807) is 17.0 Å². The fourth-order valence-corrected chi connectivity index (χ4v) is 3.14. The number of nitrogens with zero attached hydrogens (tertiary/aromatic N) is 1. The highest BCUT2D eigenvalue weighted by atomic mass is 79.9. The molecule has 1 saturated heterocycles. The van der Waals surface area contributed by atoms with Gasteiger partial charge in [0.15, 0.2) is 5.76 Å². The summed E-state index contributed by atoms with van der Waals surface area (Å²) in [4.78, 5) is 26.2. The second-order valence-electron chi connectivity index (χ2n) is 5.64. The third kappa shape index (κ3) is 3.67. The molecule has 7 heteroatoms. The first-order valence-corrected chi connectivity index (χ1v) is 8.42. The first kappa shape index (κ1) is 16.7. The number of carbonyl (C=O) groups excluding carboxylic acids is 2. The summed E-state index contributed by atoms with van der Waals surface area (Å²) in [6.45, 7) is 1.07. The molecule has 0 atom stereocenters. The van der Waals surface area contributed by atoms with Crippen LogP contribution in [0.15, 0.2) is 45.5 Å². The van der Waals surface area contributed by atoms with Gasteiger partial charge < -0.3 is 14.6 Å². The highest BCUT2D eigenvalue weighted by molar-refractivity contribution is 9.10. The Bertz CT molecular complexity index is 740. The van der Waals surface area contributed by atoms with Gasteiger partial charge in [-0.3, -0.25) is 9.59 Å². The summed E-state index contributed by atoms with van der Waals surface area (Å²) in [6.07, 6.45) is 2.76. The van der Waals surface area contributed by atoms with Gasteiger partial charge in [0.05, 0.1) is 11.8 Å². The topological polar surface area (TPSA) is 62.6 Å². The van der Waals surface area contributed by atoms with Crippen molar-refractivity contribution in [2.24, 2.45) is 0 Å². The number of rotatable bonds is 3. The fraction of sp³-hybridized carbons (Fsp3) is 0.294. The van der Waals surface area contributed by atoms with Crippen molar-refractivity contribution in [1.82, 2.24) is 10.2 Å². The zero-order valence-corrected chi connectivity index (χ0v) is 14.4. The largest absolute Gasteiger partial charge is 0.459 e. The van der Waals surface area contributed by atoms with Crippen LogP contribution in [-0.2, 0) is 0 Å². The van der Waals surface area contributed by atoms with Gasteiger partial charge >= 0.3 is 0 Å². The standard InChI is InChI=1S/C17H16BrFN2O3/c18-14-4-3-11(19)10-13(14)16(22)20-12-5-7-21(8-6-12)17(23)15-2-1-9-24-15/h1-4,9-10,12H,5-8H2,(H,20,22). The van der Waals surface area contributed by atoms with Crippen LogP contribution in [0, 0.1) is 5.82 Å². The van der Waals surface area contributed by atoms with Gasteiger partial charge in [-0.1, -0.05) is 0 Å². The van der Waals surface area contributed by atoms with Crippen LogP contribution in [0.2, 0.25) is 0 Å². The third-order valence-electron chi connectivity index (χ3n) is 4.02. The lowest BCUT2D eigenvalue weighted by Gasteiger charge is -2.32. The maximum absolute atomic E-state index is 13.3. The summed E-state index contributed by atoms with van der Waals surface area (Å²) in [5.74, 6) is -0.599. The molecule has 3 rings (SSSR count). The molecule has 0 bridgehead atoms. The predicted octanol–water partition coefficient (Wildman–Crippen LogP) is 3.22. The SMILES string of the molecule is O=C(NC1CCN(C(=O)c2ccco2)CC1)c1cc(F)ccc1Br. The van der Waals surface area contributed by atoms with E-state index in [4.69, 9.17) is 4.42 Å². The lowest BCUT2D eigenvalue weighted by atomic mass is 10.0. The monoisotopic (exact) mass is 394 g/mol. The summed E-state index contributed by atoms with van der Waals surface area (Å²) < 4.78 is 19.0. The summed E-state index contributed by atoms with van der Waals surface area (Å²) in [5.41, 5.74) is 0.268. The molecule has 126 valence electrons. The normalized spacial score (nSPS) is 15.3. The van der Waals surface area contributed by atoms with Gasteiger partial charge in [-0.25, -0.2) is 4.39 Å². The van der Waals surface area contributed by atoms with E-state index in [9.17, 15) is 14.0 Å². The second-order valence-corrected chi connectivity index (χ2v) is 6.50. The molecule has 2 amide bonds. The zero-order chi connectivity index (χ0) is 17.1. The smallest absolute Gasteiger partial charge is 0.289 e. The molecule has 24 heavy (non-hydrogen) atoms. The quantitative estimate of drug-likeness (QED) is 0.868. The minimum Gasteiger partial charge on any atom is -0.459 e. The molecule has 1 aromatic carbocycles. The van der Waals surface area contributed by atoms with Crippen molar-refractivity contribution in [2.75, 3.05) is 13.1 Å². The van der Waals surface area contributed by atoms with Crippen molar-refractivity contribution >= 4 is 27.7 Å². The molecule has 2 aromatic rings. The Kier molecular flexibility index (Phi) is 4.99. The van der Waals surface area contributed by atoms with Crippen LogP contribution in [-0.4, -0.2) is 35.8 Å². The number of benzene rings is 1. The minimum absolute atomic E-state index is 0.0479. The van der Waals surface area contributed by atoms with E-state index in [0.29, 0.717) is 36.2 Å². The molecular formula is C17H16BrFN2O3. The predicted molar refractivity (Wildman–Crippen MR) is 89.2 cm³/mol. The number of likely N-dealkylation sites (tertiary alicyclic amines) is 1. The molecule has 0 radical (unpaired) electrons. The van der Waals surface area contributed by atoms with Crippen LogP contribution in [0.3, 0.4) is 0 Å². The first-order chi connectivity index (χ1) is 11.5. The van der Waals surface area contributed by atoms with E-state index >= 15 is 0 Å². The van der Waals surface area contributed by atoms with Gasteiger partial charge in [0, 0.05) is 23.6 Å². The van der Waals surface area contributed by atoms with Gasteiger partial charge in [0.1, 0.15) is 5.82 Å². The Morgan fingerprint density at radius 1 is 1.25 bits per heavy atom. The Labute approximate surface area is 146 Å². The summed E-state index contributed by atoms with van der Waals surface area (Å²) >= 11 is 3.26. The van der Waals surface area contributed by atoms with Crippen LogP contribution in [0.25, 0.3) is 0 Å². The molecule has 1 aliphatic rings. The molecule has 0 unspecified atom stereocenters. The highest BCUT2D eigenvalue weighted by Crippen LogP contribution is 2.19. The Morgan fingerprint density at radius 2 is 2.00 bits per heavy atom. The lowest BCUT2D eigenvalue weighted by Crippen LogP contribution is -2.46. The van der Waals surface area contributed by atoms with E-state index in [2.05, 4.69) is 21.2 Å². The van der Waals surface area contributed by atoms with Crippen molar-refractivity contribution in [2.45, 2.75) is 18.9 Å². The van der Waals surface area contributed by atoms with Crippen LogP contribution >= 0.6 is 15.9 Å². The number of hydrogen-bond acceptors (Lipinski definition) is 3. The van der Waals surface area contributed by atoms with E-state index in [1.807, 2.05) is 0 Å². The number of nitrogens with one attached hydrogen (secondary N) is 1. The molecule has 1 aromatic heterocycles. The number of amides is 2. The average molecular weight is 395 g/mol. The Morgan fingerprint density at radius 3 is 2.67 bits per heavy atom. The molecule has 0 aliphatic carbocycles. The number of piperidine rings is 1. The summed E-state index contributed by atoms with van der Waals surface area (Å²) in [6, 6.07) is 7.27. The van der Waals surface area contributed by atoms with Gasteiger partial charge in [-0.2, -0.15) is 0 Å². The average Bonchev–Trinajstić information content (AvgIpc) is 3.11. The van der Waals surface area contributed by atoms with Crippen molar-refractivity contribution in [1.29, 1.82) is 0 Å². The molecule has 1 aliphatic heterocycles. The first-order valence-electron chi connectivity index (χ1n) is 7.63. The van der Waals surface area contributed by atoms with Gasteiger partial charge in [-0.15, -0.1) is 0 Å². The van der Waals surface area contributed by atoms with Crippen LogP contribution < -0.4 is 5.32 Å². The van der Waals surface area contributed by atoms with Crippen LogP contribution in [0.5, 0.6) is 0 Å². The molecule has 2 heterocycles. The third-order valence-corrected chi connectivity index (χ3v) is 4.71. The molecule has 0 saturated carbocycles. The van der Waals surface area contributed by atoms with E-state index < -0.39 is 5.82 Å². The maximum Gasteiger partial charge on any atom is 0.289 e. The number of carbonyl (C=O) groups is 2. The minimum atomic E-state index is -0.456. The molecular weight excluding hydrogens is 379 g/mol. The van der Waals surface area contributed by atoms with Crippen LogP contribution in [0.1, 0.15) is 33.8 Å². The zero-order valence-electron chi connectivity index (χ0n) is 12.8. The van der Waals surface area contributed by atoms with Crippen molar-refractivity contribution in [3.63, 3.8) is 0 Å². The number of hydrogen-bond donors (Lipinski definition) is 1. The van der Waals surface area contributed by atoms with Gasteiger partial charge in [0.2, 0.25) is 0 Å². The highest BCUT2D eigenvalue weighted by Gasteiger charge is 2.26. The van der Waals surface area contributed by atoms with Crippen LogP contribution in [0.4, 0.5) is 4.39 Å². The molecule has 1 N–H and O–H groups in total. The summed E-state index contributed by atoms with van der Waals surface area (Å²) in [7, 11) is 0. The Hall–Kier alpha value is -2.15. The number of halogens is 2. The lowest BCUT2D eigenvalue weighted by molar-refractivity contribution is 0.0667. The van der Waals surface area contributed by atoms with E-state index in [-0.39, 0.29) is 23.4 Å². The fourth-order valence-electron chi connectivity index (χ4n) is 2.72. The molecule has 0 spiro atoms. The van der Waals surface area contributed by atoms with Crippen molar-refractivity contribution < 1.29 is 18.4 Å². The molecule has 5 nitrogen and oxygen atoms in total. The maximum atomic E-state index is 13.3. The van der Waals surface area contributed by atoms with E-state index in [0.717, 1.165) is 0 Å². The van der Waals surface area contributed by atoms with Gasteiger partial charge in [0.25, 0.3) is 11.8 Å². The Balaban J connectivity index is 1.56. The van der Waals surface area contributed by atoms with E-state index in [1.165, 1.54) is 24.5 Å². The van der Waals surface area contributed by atoms with Crippen molar-refractivity contribution in [3.8, 4) is 0 Å². The van der Waals surface area contributed by atoms with Crippen molar-refractivity contribution in [3.05, 3.63) is 58.2 Å². The molecule has 1 fully saturated rings. The van der Waals surface area contributed by atoms with Gasteiger partial charge in [-0.05, 0) is 59.1 Å².